The Hall–Kier alpha value is -2.61. The van der Waals surface area contributed by atoms with E-state index in [1.165, 1.54) is 38.6 Å². The Morgan fingerprint density at radius 2 is 1.91 bits per heavy atom. The number of ether oxygens (including phenoxy) is 2. The van der Waals surface area contributed by atoms with Crippen LogP contribution in [0.4, 0.5) is 5.69 Å². The smallest absolute Gasteiger partial charge is 0.265 e. The zero-order valence-corrected chi connectivity index (χ0v) is 12.8. The third kappa shape index (κ3) is 3.17. The van der Waals surface area contributed by atoms with Crippen LogP contribution in [0.15, 0.2) is 41.4 Å². The third-order valence-corrected chi connectivity index (χ3v) is 4.21. The molecule has 1 N–H and O–H groups in total. The second kappa shape index (κ2) is 6.44. The standard InChI is InChI=1S/C14H14N2O5S/c1-20-12-5-3-4-6-13(12)22(18,19)16-11-7-10(9-17)8-15-14(11)21-2/h3-9,16H,1-2H3. The largest absolute Gasteiger partial charge is 0.495 e. The highest BCUT2D eigenvalue weighted by atomic mass is 32.2. The molecule has 1 aromatic heterocycles. The maximum absolute atomic E-state index is 12.5. The van der Waals surface area contributed by atoms with Crippen LogP contribution in [0, 0.1) is 0 Å². The molecule has 116 valence electrons. The average molecular weight is 322 g/mol. The molecule has 0 aliphatic rings. The molecule has 0 radical (unpaired) electrons. The molecule has 0 saturated carbocycles. The van der Waals surface area contributed by atoms with E-state index in [2.05, 4.69) is 9.71 Å². The molecule has 0 aliphatic heterocycles. The van der Waals surface area contributed by atoms with Gasteiger partial charge in [0.25, 0.3) is 10.0 Å². The summed E-state index contributed by atoms with van der Waals surface area (Å²) in [4.78, 5) is 14.7. The number of aromatic nitrogens is 1. The first-order chi connectivity index (χ1) is 10.5. The molecule has 7 nitrogen and oxygen atoms in total. The first kappa shape index (κ1) is 15.8. The molecule has 0 amide bonds. The van der Waals surface area contributed by atoms with Gasteiger partial charge in [-0.15, -0.1) is 0 Å². The highest BCUT2D eigenvalue weighted by molar-refractivity contribution is 7.92. The number of nitrogens with one attached hydrogen (secondary N) is 1. The normalized spacial score (nSPS) is 10.8. The quantitative estimate of drug-likeness (QED) is 0.814. The molecular formula is C14H14N2O5S. The van der Waals surface area contributed by atoms with Crippen molar-refractivity contribution in [2.75, 3.05) is 18.9 Å². The van der Waals surface area contributed by atoms with E-state index in [1.54, 1.807) is 12.1 Å². The van der Waals surface area contributed by atoms with Crippen LogP contribution in [-0.2, 0) is 10.0 Å². The van der Waals surface area contributed by atoms with E-state index < -0.39 is 10.0 Å². The molecule has 22 heavy (non-hydrogen) atoms. The molecule has 0 unspecified atom stereocenters. The zero-order valence-electron chi connectivity index (χ0n) is 11.9. The molecular weight excluding hydrogens is 308 g/mol. The highest BCUT2D eigenvalue weighted by Crippen LogP contribution is 2.28. The summed E-state index contributed by atoms with van der Waals surface area (Å²) in [6.07, 6.45) is 1.85. The Bertz CT molecular complexity index is 790. The van der Waals surface area contributed by atoms with Crippen LogP contribution in [0.5, 0.6) is 11.6 Å². The Morgan fingerprint density at radius 1 is 1.18 bits per heavy atom. The van der Waals surface area contributed by atoms with Crippen molar-refractivity contribution in [2.45, 2.75) is 4.90 Å². The Labute approximate surface area is 128 Å². The van der Waals surface area contributed by atoms with Crippen molar-refractivity contribution in [1.82, 2.24) is 4.98 Å². The van der Waals surface area contributed by atoms with Gasteiger partial charge in [0.1, 0.15) is 16.3 Å². The number of hydrogen-bond donors (Lipinski definition) is 1. The molecule has 1 heterocycles. The lowest BCUT2D eigenvalue weighted by Gasteiger charge is -2.13. The van der Waals surface area contributed by atoms with Gasteiger partial charge in [-0.2, -0.15) is 0 Å². The van der Waals surface area contributed by atoms with Gasteiger partial charge in [0.2, 0.25) is 5.88 Å². The predicted octanol–water partition coefficient (Wildman–Crippen LogP) is 1.71. The van der Waals surface area contributed by atoms with Crippen molar-refractivity contribution < 1.29 is 22.7 Å². The number of para-hydroxylation sites is 1. The summed E-state index contributed by atoms with van der Waals surface area (Å²) in [5.41, 5.74) is 0.288. The number of sulfonamides is 1. The number of hydrogen-bond acceptors (Lipinski definition) is 6. The molecule has 8 heteroatoms. The van der Waals surface area contributed by atoms with Gasteiger partial charge in [-0.05, 0) is 18.2 Å². The summed E-state index contributed by atoms with van der Waals surface area (Å²) in [6, 6.07) is 7.52. The molecule has 0 aliphatic carbocycles. The lowest BCUT2D eigenvalue weighted by molar-refractivity contribution is 0.112. The van der Waals surface area contributed by atoms with E-state index in [0.29, 0.717) is 6.29 Å². The number of aldehydes is 1. The van der Waals surface area contributed by atoms with Crippen LogP contribution >= 0.6 is 0 Å². The van der Waals surface area contributed by atoms with Gasteiger partial charge in [0, 0.05) is 11.8 Å². The van der Waals surface area contributed by atoms with Crippen LogP contribution < -0.4 is 14.2 Å². The summed E-state index contributed by atoms with van der Waals surface area (Å²) in [5.74, 6) is 0.262. The number of anilines is 1. The second-order valence-electron chi connectivity index (χ2n) is 4.20. The molecule has 0 saturated heterocycles. The highest BCUT2D eigenvalue weighted by Gasteiger charge is 2.21. The summed E-state index contributed by atoms with van der Waals surface area (Å²) in [7, 11) is -1.20. The number of pyridine rings is 1. The minimum atomic E-state index is -3.92. The predicted molar refractivity (Wildman–Crippen MR) is 80.0 cm³/mol. The van der Waals surface area contributed by atoms with Gasteiger partial charge < -0.3 is 9.47 Å². The molecule has 1 aromatic carbocycles. The summed E-state index contributed by atoms with van der Waals surface area (Å²) in [5, 5.41) is 0. The Kier molecular flexibility index (Phi) is 4.62. The lowest BCUT2D eigenvalue weighted by atomic mass is 10.3. The number of carbonyl (C=O) groups is 1. The fourth-order valence-electron chi connectivity index (χ4n) is 1.81. The maximum atomic E-state index is 12.5. The molecule has 2 aromatic rings. The van der Waals surface area contributed by atoms with E-state index >= 15 is 0 Å². The van der Waals surface area contributed by atoms with E-state index in [4.69, 9.17) is 9.47 Å². The van der Waals surface area contributed by atoms with Crippen LogP contribution in [0.3, 0.4) is 0 Å². The van der Waals surface area contributed by atoms with E-state index in [1.807, 2.05) is 0 Å². The first-order valence-electron chi connectivity index (χ1n) is 6.17. The van der Waals surface area contributed by atoms with Crippen molar-refractivity contribution in [1.29, 1.82) is 0 Å². The summed E-state index contributed by atoms with van der Waals surface area (Å²) >= 11 is 0. The van der Waals surface area contributed by atoms with Gasteiger partial charge in [0.05, 0.1) is 14.2 Å². The van der Waals surface area contributed by atoms with Crippen LogP contribution in [-0.4, -0.2) is 33.9 Å². The van der Waals surface area contributed by atoms with Gasteiger partial charge in [-0.3, -0.25) is 9.52 Å². The van der Waals surface area contributed by atoms with Crippen LogP contribution in [0.25, 0.3) is 0 Å². The minimum Gasteiger partial charge on any atom is -0.495 e. The van der Waals surface area contributed by atoms with Crippen LogP contribution in [0.2, 0.25) is 0 Å². The third-order valence-electron chi connectivity index (χ3n) is 2.80. The fraction of sp³-hybridized carbons (Fsp3) is 0.143. The second-order valence-corrected chi connectivity index (χ2v) is 5.85. The van der Waals surface area contributed by atoms with Crippen molar-refractivity contribution in [2.24, 2.45) is 0 Å². The number of rotatable bonds is 6. The number of carbonyl (C=O) groups excluding carboxylic acids is 1. The van der Waals surface area contributed by atoms with Crippen molar-refractivity contribution >= 4 is 22.0 Å². The molecule has 2 rings (SSSR count). The minimum absolute atomic E-state index is 0.0314. The zero-order chi connectivity index (χ0) is 16.2. The van der Waals surface area contributed by atoms with Crippen LogP contribution in [0.1, 0.15) is 10.4 Å². The van der Waals surface area contributed by atoms with E-state index in [9.17, 15) is 13.2 Å². The van der Waals surface area contributed by atoms with Gasteiger partial charge >= 0.3 is 0 Å². The van der Waals surface area contributed by atoms with Crippen molar-refractivity contribution in [3.05, 3.63) is 42.1 Å². The van der Waals surface area contributed by atoms with Crippen molar-refractivity contribution in [3.8, 4) is 11.6 Å². The van der Waals surface area contributed by atoms with Crippen molar-refractivity contribution in [3.63, 3.8) is 0 Å². The van der Waals surface area contributed by atoms with Gasteiger partial charge in [-0.25, -0.2) is 13.4 Å². The fourth-order valence-corrected chi connectivity index (χ4v) is 3.03. The maximum Gasteiger partial charge on any atom is 0.265 e. The lowest BCUT2D eigenvalue weighted by Crippen LogP contribution is -2.15. The van der Waals surface area contributed by atoms with E-state index in [0.717, 1.165) is 0 Å². The first-order valence-corrected chi connectivity index (χ1v) is 7.65. The molecule has 0 fully saturated rings. The monoisotopic (exact) mass is 322 g/mol. The van der Waals surface area contributed by atoms with Gasteiger partial charge in [-0.1, -0.05) is 12.1 Å². The van der Waals surface area contributed by atoms with Gasteiger partial charge in [0.15, 0.2) is 6.29 Å². The summed E-state index contributed by atoms with van der Waals surface area (Å²) in [6.45, 7) is 0. The number of methoxy groups -OCH3 is 2. The Morgan fingerprint density at radius 3 is 2.55 bits per heavy atom. The molecule has 0 bridgehead atoms. The number of nitrogens with zero attached hydrogens (tertiary/aromatic N) is 1. The molecule has 0 spiro atoms. The van der Waals surface area contributed by atoms with E-state index in [-0.39, 0.29) is 27.8 Å². The molecule has 0 atom stereocenters. The topological polar surface area (TPSA) is 94.6 Å². The Balaban J connectivity index is 2.47. The SMILES string of the molecule is COc1ccccc1S(=O)(=O)Nc1cc(C=O)cnc1OC. The average Bonchev–Trinajstić information content (AvgIpc) is 2.54. The summed E-state index contributed by atoms with van der Waals surface area (Å²) < 4.78 is 37.4. The number of benzene rings is 1.